The summed E-state index contributed by atoms with van der Waals surface area (Å²) in [6.45, 7) is 7.40. The minimum atomic E-state index is -0.694. The molecule has 1 aromatic rings. The number of aliphatic imine (C=N–C) groups is 1. The maximum Gasteiger partial charge on any atom is 0.413 e. The van der Waals surface area contributed by atoms with Crippen molar-refractivity contribution in [3.05, 3.63) is 35.1 Å². The Morgan fingerprint density at radius 2 is 2.14 bits per heavy atom. The van der Waals surface area contributed by atoms with Crippen LogP contribution >= 0.6 is 11.8 Å². The number of nitrogens with one attached hydrogen (secondary N) is 1. The van der Waals surface area contributed by atoms with Crippen LogP contribution in [0.2, 0.25) is 0 Å². The predicted molar refractivity (Wildman–Crippen MR) is 110 cm³/mol. The monoisotopic (exact) mass is 408 g/mol. The summed E-state index contributed by atoms with van der Waals surface area (Å²) in [5.41, 5.74) is 0.314. The molecule has 7 heteroatoms. The fourth-order valence-electron chi connectivity index (χ4n) is 4.02. The smallest absolute Gasteiger partial charge is 0.413 e. The third-order valence-electron chi connectivity index (χ3n) is 5.32. The van der Waals surface area contributed by atoms with Gasteiger partial charge in [0.05, 0.1) is 11.6 Å². The molecule has 0 saturated heterocycles. The van der Waals surface area contributed by atoms with Gasteiger partial charge in [-0.3, -0.25) is 10.3 Å². The number of carbonyl (C=O) groups is 1. The molecule has 1 aromatic carbocycles. The van der Waals surface area contributed by atoms with Crippen LogP contribution in [0.25, 0.3) is 0 Å². The van der Waals surface area contributed by atoms with Crippen molar-refractivity contribution >= 4 is 23.0 Å². The number of alkyl carbamates (subject to hydrolysis) is 1. The molecule has 1 saturated carbocycles. The van der Waals surface area contributed by atoms with Gasteiger partial charge in [-0.15, -0.1) is 0 Å². The van der Waals surface area contributed by atoms with E-state index in [2.05, 4.69) is 5.32 Å². The lowest BCUT2D eigenvalue weighted by Crippen LogP contribution is -2.48. The van der Waals surface area contributed by atoms with Crippen LogP contribution in [0.4, 0.5) is 9.18 Å². The average Bonchev–Trinajstić information content (AvgIpc) is 2.61. The second-order valence-corrected chi connectivity index (χ2v) is 9.60. The third-order valence-corrected chi connectivity index (χ3v) is 6.36. The Kier molecular flexibility index (Phi) is 6.05. The molecule has 0 spiro atoms. The standard InChI is InChI=1S/C21H29FN2O3S/c1-13-6-7-17(22)16(10-13)21-9-8-15(26-5)11-14(21)12-28-18(24-21)23-19(25)27-20(2,3)4/h6-7,10,14-15H,8-9,11-12H2,1-5H3,(H,23,24,25)/t14-,15+,21-/m0/s1. The zero-order valence-corrected chi connectivity index (χ0v) is 18.0. The highest BCUT2D eigenvalue weighted by atomic mass is 32.2. The molecule has 3 atom stereocenters. The summed E-state index contributed by atoms with van der Waals surface area (Å²) in [6, 6.07) is 5.17. The molecule has 0 bridgehead atoms. The molecule has 28 heavy (non-hydrogen) atoms. The molecule has 0 unspecified atom stereocenters. The number of amides is 1. The predicted octanol–water partition coefficient (Wildman–Crippen LogP) is 4.77. The third kappa shape index (κ3) is 4.51. The van der Waals surface area contributed by atoms with E-state index in [-0.39, 0.29) is 17.8 Å². The number of rotatable bonds is 2. The molecule has 1 fully saturated rings. The molecular weight excluding hydrogens is 379 g/mol. The summed E-state index contributed by atoms with van der Waals surface area (Å²) in [5, 5.41) is 3.25. The fourth-order valence-corrected chi connectivity index (χ4v) is 5.17. The first-order valence-corrected chi connectivity index (χ1v) is 10.6. The molecule has 1 N–H and O–H groups in total. The Labute approximate surface area is 170 Å². The molecule has 3 rings (SSSR count). The number of hydrogen-bond donors (Lipinski definition) is 1. The number of aryl methyl sites for hydroxylation is 1. The Balaban J connectivity index is 1.97. The quantitative estimate of drug-likeness (QED) is 0.766. The van der Waals surface area contributed by atoms with E-state index >= 15 is 0 Å². The van der Waals surface area contributed by atoms with Gasteiger partial charge in [0.2, 0.25) is 0 Å². The molecule has 1 amide bonds. The first kappa shape index (κ1) is 21.1. The highest BCUT2D eigenvalue weighted by Gasteiger charge is 2.49. The largest absolute Gasteiger partial charge is 0.444 e. The van der Waals surface area contributed by atoms with E-state index in [4.69, 9.17) is 14.5 Å². The van der Waals surface area contributed by atoms with Crippen molar-refractivity contribution in [2.75, 3.05) is 12.9 Å². The first-order valence-electron chi connectivity index (χ1n) is 9.65. The summed E-state index contributed by atoms with van der Waals surface area (Å²) in [4.78, 5) is 17.1. The second kappa shape index (κ2) is 8.03. The van der Waals surface area contributed by atoms with E-state index in [0.29, 0.717) is 17.2 Å². The van der Waals surface area contributed by atoms with Gasteiger partial charge in [-0.05, 0) is 53.0 Å². The Morgan fingerprint density at radius 3 is 2.82 bits per heavy atom. The SMILES string of the molecule is CO[C@@H]1CC[C@]2(c3cc(C)ccc3F)N=C(NC(=O)OC(C)(C)C)SC[C@@H]2C1. The van der Waals surface area contributed by atoms with Gasteiger partial charge in [0.1, 0.15) is 11.4 Å². The minimum Gasteiger partial charge on any atom is -0.444 e. The number of benzene rings is 1. The van der Waals surface area contributed by atoms with Crippen molar-refractivity contribution in [1.82, 2.24) is 5.32 Å². The van der Waals surface area contributed by atoms with E-state index in [9.17, 15) is 9.18 Å². The van der Waals surface area contributed by atoms with Crippen LogP contribution in [-0.4, -0.2) is 35.8 Å². The van der Waals surface area contributed by atoms with Gasteiger partial charge in [-0.25, -0.2) is 9.18 Å². The molecule has 0 aromatic heterocycles. The number of carbonyl (C=O) groups excluding carboxylic acids is 1. The van der Waals surface area contributed by atoms with Crippen molar-refractivity contribution < 1.29 is 18.7 Å². The van der Waals surface area contributed by atoms with Gasteiger partial charge >= 0.3 is 6.09 Å². The van der Waals surface area contributed by atoms with E-state index in [1.165, 1.54) is 17.8 Å². The number of amidine groups is 1. The fraction of sp³-hybridized carbons (Fsp3) is 0.619. The van der Waals surface area contributed by atoms with E-state index in [0.717, 1.165) is 24.2 Å². The summed E-state index contributed by atoms with van der Waals surface area (Å²) in [7, 11) is 1.72. The van der Waals surface area contributed by atoms with E-state index in [1.54, 1.807) is 13.2 Å². The molecule has 1 aliphatic heterocycles. The van der Waals surface area contributed by atoms with Crippen LogP contribution in [0.1, 0.15) is 51.2 Å². The Hall–Kier alpha value is -1.60. The molecule has 5 nitrogen and oxygen atoms in total. The molecule has 1 heterocycles. The maximum absolute atomic E-state index is 14.9. The van der Waals surface area contributed by atoms with Gasteiger partial charge < -0.3 is 9.47 Å². The number of hydrogen-bond acceptors (Lipinski definition) is 5. The lowest BCUT2D eigenvalue weighted by molar-refractivity contribution is 0.0227. The van der Waals surface area contributed by atoms with Gasteiger partial charge in [0.15, 0.2) is 5.17 Å². The second-order valence-electron chi connectivity index (χ2n) is 8.59. The van der Waals surface area contributed by atoms with Crippen LogP contribution in [-0.2, 0) is 15.0 Å². The number of thioether (sulfide) groups is 1. The van der Waals surface area contributed by atoms with E-state index < -0.39 is 17.2 Å². The van der Waals surface area contributed by atoms with Crippen LogP contribution in [0, 0.1) is 18.7 Å². The van der Waals surface area contributed by atoms with Crippen molar-refractivity contribution in [2.45, 2.75) is 64.2 Å². The van der Waals surface area contributed by atoms with Crippen molar-refractivity contribution in [3.63, 3.8) is 0 Å². The van der Waals surface area contributed by atoms with Crippen LogP contribution in [0.5, 0.6) is 0 Å². The topological polar surface area (TPSA) is 59.9 Å². The highest BCUT2D eigenvalue weighted by molar-refractivity contribution is 8.13. The zero-order valence-electron chi connectivity index (χ0n) is 17.2. The Bertz CT molecular complexity index is 777. The average molecular weight is 409 g/mol. The lowest BCUT2D eigenvalue weighted by Gasteiger charge is -2.46. The van der Waals surface area contributed by atoms with Crippen LogP contribution in [0.15, 0.2) is 23.2 Å². The summed E-state index contributed by atoms with van der Waals surface area (Å²) in [6.07, 6.45) is 1.91. The molecule has 154 valence electrons. The molecule has 1 aliphatic carbocycles. The molecule has 0 radical (unpaired) electrons. The van der Waals surface area contributed by atoms with Crippen molar-refractivity contribution in [1.29, 1.82) is 0 Å². The number of fused-ring (bicyclic) bond motifs is 1. The number of halogens is 1. The van der Waals surface area contributed by atoms with Crippen LogP contribution < -0.4 is 5.32 Å². The van der Waals surface area contributed by atoms with Crippen molar-refractivity contribution in [2.24, 2.45) is 10.9 Å². The van der Waals surface area contributed by atoms with Gasteiger partial charge in [-0.2, -0.15) is 0 Å². The summed E-state index contributed by atoms with van der Waals surface area (Å²) in [5.74, 6) is 0.623. The van der Waals surface area contributed by atoms with Gasteiger partial charge in [0.25, 0.3) is 0 Å². The normalized spacial score (nSPS) is 27.6. The summed E-state index contributed by atoms with van der Waals surface area (Å²) >= 11 is 1.48. The zero-order chi connectivity index (χ0) is 20.5. The van der Waals surface area contributed by atoms with Gasteiger partial charge in [0, 0.05) is 24.3 Å². The number of ether oxygens (including phenoxy) is 2. The minimum absolute atomic E-state index is 0.136. The number of nitrogens with zero attached hydrogens (tertiary/aromatic N) is 1. The maximum atomic E-state index is 14.9. The lowest BCUT2D eigenvalue weighted by atomic mass is 9.68. The van der Waals surface area contributed by atoms with Gasteiger partial charge in [-0.1, -0.05) is 29.5 Å². The molecular formula is C21H29FN2O3S. The highest BCUT2D eigenvalue weighted by Crippen LogP contribution is 2.50. The summed E-state index contributed by atoms with van der Waals surface area (Å²) < 4.78 is 25.8. The first-order chi connectivity index (χ1) is 13.1. The Morgan fingerprint density at radius 1 is 1.39 bits per heavy atom. The van der Waals surface area contributed by atoms with Crippen molar-refractivity contribution in [3.8, 4) is 0 Å². The van der Waals surface area contributed by atoms with E-state index in [1.807, 2.05) is 33.8 Å². The number of methoxy groups -OCH3 is 1. The van der Waals surface area contributed by atoms with Crippen LogP contribution in [0.3, 0.4) is 0 Å². The molecule has 2 aliphatic rings.